The Balaban J connectivity index is 1.46. The number of hydrogen-bond donors (Lipinski definition) is 4. The highest BCUT2D eigenvalue weighted by Gasteiger charge is 2.31. The van der Waals surface area contributed by atoms with Crippen molar-refractivity contribution in [3.05, 3.63) is 72.4 Å². The van der Waals surface area contributed by atoms with Crippen LogP contribution in [0.5, 0.6) is 0 Å². The van der Waals surface area contributed by atoms with Crippen LogP contribution in [0.2, 0.25) is 0 Å². The van der Waals surface area contributed by atoms with Gasteiger partial charge in [-0.2, -0.15) is 0 Å². The molecule has 32 heavy (non-hydrogen) atoms. The van der Waals surface area contributed by atoms with Gasteiger partial charge in [0.15, 0.2) is 0 Å². The number of nitrogens with two attached hydrogens (primary N) is 1. The number of carbonyl (C=O) groups excluding carboxylic acids is 2. The van der Waals surface area contributed by atoms with Crippen LogP contribution in [0, 0.1) is 5.92 Å². The molecular weight excluding hydrogens is 402 g/mol. The van der Waals surface area contributed by atoms with Gasteiger partial charge in [0.1, 0.15) is 6.04 Å². The highest BCUT2D eigenvalue weighted by Crippen LogP contribution is 2.17. The largest absolute Gasteiger partial charge is 0.343 e. The minimum Gasteiger partial charge on any atom is -0.343 e. The number of aromatic nitrogens is 1. The van der Waals surface area contributed by atoms with Gasteiger partial charge in [-0.05, 0) is 56.0 Å². The van der Waals surface area contributed by atoms with E-state index in [1.807, 2.05) is 60.7 Å². The van der Waals surface area contributed by atoms with E-state index in [1.54, 1.807) is 6.20 Å². The summed E-state index contributed by atoms with van der Waals surface area (Å²) >= 11 is 0. The molecule has 1 aliphatic heterocycles. The van der Waals surface area contributed by atoms with Crippen LogP contribution in [0.25, 0.3) is 10.9 Å². The first kappa shape index (κ1) is 21.9. The lowest BCUT2D eigenvalue weighted by atomic mass is 10.0. The van der Waals surface area contributed by atoms with Crippen LogP contribution in [-0.2, 0) is 16.0 Å². The molecule has 7 heteroatoms. The van der Waals surface area contributed by atoms with E-state index in [4.69, 9.17) is 5.73 Å². The van der Waals surface area contributed by atoms with Crippen molar-refractivity contribution in [3.63, 3.8) is 0 Å². The molecule has 3 atom stereocenters. The summed E-state index contributed by atoms with van der Waals surface area (Å²) in [7, 11) is 0. The minimum atomic E-state index is -0.659. The average molecular weight is 432 g/mol. The van der Waals surface area contributed by atoms with Crippen molar-refractivity contribution >= 4 is 28.4 Å². The molecule has 0 saturated carbocycles. The third kappa shape index (κ3) is 5.49. The standard InChI is InChI=1S/C25H29N5O2/c26-14-18-12-23(27-15-18)25(32)30-22(11-10-17-6-2-1-3-7-17)24(31)29-20-13-19-8-4-5-9-21(19)28-16-20/h1-9,13,16,18,22-23,27H,10-12,14-15,26H2,(H,29,31)(H,30,32)/t18-,22-,23-/m1/s1. The van der Waals surface area contributed by atoms with Crippen molar-refractivity contribution in [3.8, 4) is 0 Å². The van der Waals surface area contributed by atoms with Gasteiger partial charge in [-0.1, -0.05) is 48.5 Å². The number of pyridine rings is 1. The van der Waals surface area contributed by atoms with Gasteiger partial charge >= 0.3 is 0 Å². The van der Waals surface area contributed by atoms with Gasteiger partial charge in [0.2, 0.25) is 11.8 Å². The fraction of sp³-hybridized carbons (Fsp3) is 0.320. The van der Waals surface area contributed by atoms with Gasteiger partial charge in [-0.3, -0.25) is 14.6 Å². The topological polar surface area (TPSA) is 109 Å². The Labute approximate surface area is 187 Å². The van der Waals surface area contributed by atoms with Crippen LogP contribution in [0.4, 0.5) is 5.69 Å². The molecule has 5 N–H and O–H groups in total. The molecule has 1 aliphatic rings. The number of rotatable bonds is 8. The van der Waals surface area contributed by atoms with E-state index in [0.717, 1.165) is 23.0 Å². The second kappa shape index (κ2) is 10.3. The van der Waals surface area contributed by atoms with Crippen LogP contribution >= 0.6 is 0 Å². The predicted octanol–water partition coefficient (Wildman–Crippen LogP) is 2.23. The number of anilines is 1. The number of aryl methyl sites for hydroxylation is 1. The van der Waals surface area contributed by atoms with E-state index in [-0.39, 0.29) is 23.8 Å². The number of hydrogen-bond acceptors (Lipinski definition) is 5. The highest BCUT2D eigenvalue weighted by molar-refractivity contribution is 5.99. The fourth-order valence-corrected chi connectivity index (χ4v) is 4.05. The molecule has 2 aromatic carbocycles. The molecule has 0 radical (unpaired) electrons. The third-order valence-corrected chi connectivity index (χ3v) is 5.93. The zero-order chi connectivity index (χ0) is 22.3. The lowest BCUT2D eigenvalue weighted by Gasteiger charge is -2.21. The van der Waals surface area contributed by atoms with Gasteiger partial charge in [-0.15, -0.1) is 0 Å². The molecule has 0 bridgehead atoms. The summed E-state index contributed by atoms with van der Waals surface area (Å²) in [5.74, 6) is -0.128. The Bertz CT molecular complexity index is 1070. The van der Waals surface area contributed by atoms with E-state index in [1.165, 1.54) is 0 Å². The van der Waals surface area contributed by atoms with Crippen LogP contribution in [0.1, 0.15) is 18.4 Å². The summed E-state index contributed by atoms with van der Waals surface area (Å²) < 4.78 is 0. The maximum atomic E-state index is 13.1. The molecule has 4 rings (SSSR count). The number of nitrogens with one attached hydrogen (secondary N) is 3. The van der Waals surface area contributed by atoms with Gasteiger partial charge in [-0.25, -0.2) is 0 Å². The van der Waals surface area contributed by atoms with Crippen LogP contribution in [0.15, 0.2) is 66.9 Å². The molecule has 0 spiro atoms. The van der Waals surface area contributed by atoms with Crippen molar-refractivity contribution in [2.75, 3.05) is 18.4 Å². The normalized spacial score (nSPS) is 18.9. The summed E-state index contributed by atoms with van der Waals surface area (Å²) in [4.78, 5) is 30.4. The molecule has 1 aromatic heterocycles. The second-order valence-corrected chi connectivity index (χ2v) is 8.29. The van der Waals surface area contributed by atoms with Gasteiger partial charge in [0.05, 0.1) is 23.4 Å². The predicted molar refractivity (Wildman–Crippen MR) is 126 cm³/mol. The van der Waals surface area contributed by atoms with Crippen molar-refractivity contribution in [1.29, 1.82) is 0 Å². The van der Waals surface area contributed by atoms with Crippen LogP contribution in [-0.4, -0.2) is 42.0 Å². The maximum Gasteiger partial charge on any atom is 0.247 e. The fourth-order valence-electron chi connectivity index (χ4n) is 4.05. The Hall–Kier alpha value is -3.29. The van der Waals surface area contributed by atoms with Crippen LogP contribution in [0.3, 0.4) is 0 Å². The number of carbonyl (C=O) groups is 2. The first-order chi connectivity index (χ1) is 15.6. The first-order valence-electron chi connectivity index (χ1n) is 11.1. The molecule has 1 fully saturated rings. The zero-order valence-corrected chi connectivity index (χ0v) is 18.0. The van der Waals surface area contributed by atoms with Gasteiger partial charge in [0.25, 0.3) is 0 Å². The molecule has 2 amide bonds. The SMILES string of the molecule is NC[C@@H]1CN[C@@H](C(=O)N[C@H](CCc2ccccc2)C(=O)Nc2cnc3ccccc3c2)C1. The minimum absolute atomic E-state index is 0.161. The average Bonchev–Trinajstić information content (AvgIpc) is 3.32. The van der Waals surface area contributed by atoms with Gasteiger partial charge in [0, 0.05) is 5.39 Å². The van der Waals surface area contributed by atoms with Crippen LogP contribution < -0.4 is 21.7 Å². The zero-order valence-electron chi connectivity index (χ0n) is 18.0. The monoisotopic (exact) mass is 431 g/mol. The van der Waals surface area contributed by atoms with E-state index in [2.05, 4.69) is 20.9 Å². The molecule has 1 saturated heterocycles. The van der Waals surface area contributed by atoms with E-state index in [9.17, 15) is 9.59 Å². The number of nitrogens with zero attached hydrogens (tertiary/aromatic N) is 1. The molecule has 0 aliphatic carbocycles. The maximum absolute atomic E-state index is 13.1. The van der Waals surface area contributed by atoms with E-state index < -0.39 is 6.04 Å². The summed E-state index contributed by atoms with van der Waals surface area (Å²) in [6, 6.07) is 18.6. The number of benzene rings is 2. The molecular formula is C25H29N5O2. The third-order valence-electron chi connectivity index (χ3n) is 5.93. The second-order valence-electron chi connectivity index (χ2n) is 8.29. The summed E-state index contributed by atoms with van der Waals surface area (Å²) in [5, 5.41) is 10.0. The molecule has 0 unspecified atom stereocenters. The summed E-state index contributed by atoms with van der Waals surface area (Å²) in [6.45, 7) is 1.27. The molecule has 2 heterocycles. The number of amides is 2. The summed E-state index contributed by atoms with van der Waals surface area (Å²) in [6.07, 6.45) is 3.50. The Morgan fingerprint density at radius 2 is 1.91 bits per heavy atom. The Morgan fingerprint density at radius 3 is 2.69 bits per heavy atom. The quantitative estimate of drug-likeness (QED) is 0.437. The number of fused-ring (bicyclic) bond motifs is 1. The Kier molecular flexibility index (Phi) is 7.09. The van der Waals surface area contributed by atoms with E-state index in [0.29, 0.717) is 31.5 Å². The lowest BCUT2D eigenvalue weighted by Crippen LogP contribution is -2.50. The van der Waals surface area contributed by atoms with Crippen molar-refractivity contribution in [2.24, 2.45) is 11.7 Å². The van der Waals surface area contributed by atoms with Crippen molar-refractivity contribution < 1.29 is 9.59 Å². The smallest absolute Gasteiger partial charge is 0.247 e. The summed E-state index contributed by atoms with van der Waals surface area (Å²) in [5.41, 5.74) is 8.33. The Morgan fingerprint density at radius 1 is 1.12 bits per heavy atom. The first-order valence-corrected chi connectivity index (χ1v) is 11.1. The van der Waals surface area contributed by atoms with Crippen molar-refractivity contribution in [2.45, 2.75) is 31.3 Å². The van der Waals surface area contributed by atoms with Gasteiger partial charge < -0.3 is 21.7 Å². The number of para-hydroxylation sites is 1. The highest BCUT2D eigenvalue weighted by atomic mass is 16.2. The molecule has 166 valence electrons. The van der Waals surface area contributed by atoms with Crippen molar-refractivity contribution in [1.82, 2.24) is 15.6 Å². The lowest BCUT2D eigenvalue weighted by molar-refractivity contribution is -0.127. The molecule has 3 aromatic rings. The molecule has 7 nitrogen and oxygen atoms in total. The van der Waals surface area contributed by atoms with E-state index >= 15 is 0 Å².